The molecule has 0 bridgehead atoms. The van der Waals surface area contributed by atoms with E-state index in [4.69, 9.17) is 4.74 Å². The Kier molecular flexibility index (Phi) is 3.17. The zero-order valence-corrected chi connectivity index (χ0v) is 7.84. The molecule has 0 heterocycles. The fourth-order valence-electron chi connectivity index (χ4n) is 0.818. The maximum Gasteiger partial charge on any atom is 0.119 e. The molecular formula is C9H9BrO. The lowest BCUT2D eigenvalue weighted by atomic mass is 10.2. The van der Waals surface area contributed by atoms with Gasteiger partial charge in [-0.25, -0.2) is 0 Å². The summed E-state index contributed by atoms with van der Waals surface area (Å²) in [5.74, 6) is 0.883. The molecule has 1 nitrogen and oxygen atoms in total. The summed E-state index contributed by atoms with van der Waals surface area (Å²) in [5, 5.41) is 0. The summed E-state index contributed by atoms with van der Waals surface area (Å²) < 4.78 is 5.05. The van der Waals surface area contributed by atoms with Crippen LogP contribution in [0.15, 0.2) is 29.3 Å². The smallest absolute Gasteiger partial charge is 0.119 e. The first-order chi connectivity index (χ1) is 5.36. The Balaban J connectivity index is 2.91. The molecule has 0 spiro atoms. The van der Waals surface area contributed by atoms with Crippen molar-refractivity contribution in [1.82, 2.24) is 0 Å². The lowest BCUT2D eigenvalue weighted by Crippen LogP contribution is -1.81. The van der Waals surface area contributed by atoms with E-state index in [1.54, 1.807) is 7.11 Å². The van der Waals surface area contributed by atoms with Gasteiger partial charge in [0.05, 0.1) is 7.11 Å². The minimum absolute atomic E-state index is 0.883. The van der Waals surface area contributed by atoms with E-state index >= 15 is 0 Å². The van der Waals surface area contributed by atoms with Gasteiger partial charge >= 0.3 is 0 Å². The van der Waals surface area contributed by atoms with Gasteiger partial charge in [0.2, 0.25) is 0 Å². The Labute approximate surface area is 74.8 Å². The summed E-state index contributed by atoms with van der Waals surface area (Å²) in [6, 6.07) is 7.87. The second-order valence-electron chi connectivity index (χ2n) is 2.07. The van der Waals surface area contributed by atoms with Crippen molar-refractivity contribution in [3.05, 3.63) is 34.8 Å². The Bertz CT molecular complexity index is 255. The first-order valence-electron chi connectivity index (χ1n) is 3.27. The molecule has 0 fully saturated rings. The first-order valence-corrected chi connectivity index (χ1v) is 4.19. The van der Waals surface area contributed by atoms with Crippen LogP contribution in [0.2, 0.25) is 0 Å². The summed E-state index contributed by atoms with van der Waals surface area (Å²) in [6.45, 7) is 0. The van der Waals surface area contributed by atoms with Crippen molar-refractivity contribution in [3.63, 3.8) is 0 Å². The summed E-state index contributed by atoms with van der Waals surface area (Å²) in [6.07, 6.45) is 1.96. The molecule has 1 aromatic rings. The van der Waals surface area contributed by atoms with Gasteiger partial charge in [-0.2, -0.15) is 0 Å². The van der Waals surface area contributed by atoms with Crippen LogP contribution in [0, 0.1) is 0 Å². The molecule has 0 N–H and O–H groups in total. The van der Waals surface area contributed by atoms with Crippen LogP contribution < -0.4 is 4.74 Å². The first kappa shape index (κ1) is 8.34. The molecular weight excluding hydrogens is 204 g/mol. The van der Waals surface area contributed by atoms with Gasteiger partial charge in [0, 0.05) is 0 Å². The molecule has 0 aliphatic rings. The predicted octanol–water partition coefficient (Wildman–Crippen LogP) is 3.06. The zero-order chi connectivity index (χ0) is 8.10. The predicted molar refractivity (Wildman–Crippen MR) is 51.0 cm³/mol. The second kappa shape index (κ2) is 4.19. The quantitative estimate of drug-likeness (QED) is 0.733. The minimum Gasteiger partial charge on any atom is -0.497 e. The van der Waals surface area contributed by atoms with Crippen molar-refractivity contribution >= 4 is 22.0 Å². The van der Waals surface area contributed by atoms with Crippen molar-refractivity contribution in [2.24, 2.45) is 0 Å². The van der Waals surface area contributed by atoms with Gasteiger partial charge in [0.25, 0.3) is 0 Å². The van der Waals surface area contributed by atoms with Crippen molar-refractivity contribution in [3.8, 4) is 5.75 Å². The van der Waals surface area contributed by atoms with Crippen LogP contribution in [0.5, 0.6) is 5.75 Å². The van der Waals surface area contributed by atoms with Crippen LogP contribution in [0.1, 0.15) is 5.56 Å². The standard InChI is InChI=1S/C9H9BrO/c1-11-9-4-2-3-8(7-9)5-6-10/h2-7H,1H3/b6-5+. The largest absolute Gasteiger partial charge is 0.497 e. The lowest BCUT2D eigenvalue weighted by molar-refractivity contribution is 0.414. The van der Waals surface area contributed by atoms with Crippen molar-refractivity contribution < 1.29 is 4.74 Å². The van der Waals surface area contributed by atoms with Crippen LogP contribution >= 0.6 is 15.9 Å². The fourth-order valence-corrected chi connectivity index (χ4v) is 1.12. The van der Waals surface area contributed by atoms with E-state index in [1.807, 2.05) is 35.3 Å². The van der Waals surface area contributed by atoms with Crippen LogP contribution in [0.3, 0.4) is 0 Å². The SMILES string of the molecule is COc1cccc(/C=C/Br)c1. The maximum atomic E-state index is 5.05. The Hall–Kier alpha value is -0.760. The number of benzene rings is 1. The van der Waals surface area contributed by atoms with E-state index in [2.05, 4.69) is 15.9 Å². The molecule has 0 amide bonds. The number of methoxy groups -OCH3 is 1. The molecule has 0 atom stereocenters. The molecule has 58 valence electrons. The van der Waals surface area contributed by atoms with E-state index in [0.29, 0.717) is 0 Å². The molecule has 2 heteroatoms. The molecule has 0 unspecified atom stereocenters. The van der Waals surface area contributed by atoms with E-state index in [0.717, 1.165) is 11.3 Å². The highest BCUT2D eigenvalue weighted by molar-refractivity contribution is 9.11. The van der Waals surface area contributed by atoms with Gasteiger partial charge in [-0.15, -0.1) is 0 Å². The van der Waals surface area contributed by atoms with E-state index in [-0.39, 0.29) is 0 Å². The van der Waals surface area contributed by atoms with Crippen molar-refractivity contribution in [1.29, 1.82) is 0 Å². The number of halogens is 1. The zero-order valence-electron chi connectivity index (χ0n) is 6.25. The molecule has 0 radical (unpaired) electrons. The topological polar surface area (TPSA) is 9.23 Å². The van der Waals surface area contributed by atoms with Gasteiger partial charge in [0.15, 0.2) is 0 Å². The molecule has 1 aromatic carbocycles. The lowest BCUT2D eigenvalue weighted by Gasteiger charge is -1.98. The third-order valence-corrected chi connectivity index (χ3v) is 1.61. The van der Waals surface area contributed by atoms with Crippen LogP contribution in [-0.2, 0) is 0 Å². The van der Waals surface area contributed by atoms with Crippen LogP contribution in [0.4, 0.5) is 0 Å². The monoisotopic (exact) mass is 212 g/mol. The van der Waals surface area contributed by atoms with Gasteiger partial charge in [-0.05, 0) is 28.8 Å². The third kappa shape index (κ3) is 2.39. The average molecular weight is 213 g/mol. The van der Waals surface area contributed by atoms with Gasteiger partial charge < -0.3 is 4.74 Å². The molecule has 0 saturated carbocycles. The average Bonchev–Trinajstić information content (AvgIpc) is 2.06. The minimum atomic E-state index is 0.883. The summed E-state index contributed by atoms with van der Waals surface area (Å²) in [5.41, 5.74) is 1.13. The Morgan fingerprint density at radius 3 is 2.91 bits per heavy atom. The van der Waals surface area contributed by atoms with Crippen LogP contribution in [0.25, 0.3) is 6.08 Å². The van der Waals surface area contributed by atoms with Crippen molar-refractivity contribution in [2.75, 3.05) is 7.11 Å². The fraction of sp³-hybridized carbons (Fsp3) is 0.111. The second-order valence-corrected chi connectivity index (χ2v) is 2.60. The number of hydrogen-bond donors (Lipinski definition) is 0. The highest BCUT2D eigenvalue weighted by Gasteiger charge is 1.89. The molecule has 0 saturated heterocycles. The van der Waals surface area contributed by atoms with Gasteiger partial charge in [0.1, 0.15) is 5.75 Å². The highest BCUT2D eigenvalue weighted by Crippen LogP contribution is 2.13. The van der Waals surface area contributed by atoms with E-state index < -0.39 is 0 Å². The van der Waals surface area contributed by atoms with E-state index in [9.17, 15) is 0 Å². The molecule has 1 rings (SSSR count). The molecule has 0 aromatic heterocycles. The molecule has 11 heavy (non-hydrogen) atoms. The Morgan fingerprint density at radius 2 is 2.27 bits per heavy atom. The molecule has 0 aliphatic heterocycles. The normalized spacial score (nSPS) is 10.4. The van der Waals surface area contributed by atoms with E-state index in [1.165, 1.54) is 0 Å². The van der Waals surface area contributed by atoms with Crippen LogP contribution in [-0.4, -0.2) is 7.11 Å². The third-order valence-electron chi connectivity index (χ3n) is 1.35. The van der Waals surface area contributed by atoms with Gasteiger partial charge in [-0.1, -0.05) is 28.1 Å². The summed E-state index contributed by atoms with van der Waals surface area (Å²) >= 11 is 3.21. The Morgan fingerprint density at radius 1 is 1.45 bits per heavy atom. The number of hydrogen-bond acceptors (Lipinski definition) is 1. The number of rotatable bonds is 2. The number of ether oxygens (including phenoxy) is 1. The van der Waals surface area contributed by atoms with Gasteiger partial charge in [-0.3, -0.25) is 0 Å². The molecule has 0 aliphatic carbocycles. The highest BCUT2D eigenvalue weighted by atomic mass is 79.9. The summed E-state index contributed by atoms with van der Waals surface area (Å²) in [4.78, 5) is 1.82. The maximum absolute atomic E-state index is 5.05. The summed E-state index contributed by atoms with van der Waals surface area (Å²) in [7, 11) is 1.66. The van der Waals surface area contributed by atoms with Crippen molar-refractivity contribution in [2.45, 2.75) is 0 Å².